The van der Waals surface area contributed by atoms with Gasteiger partial charge < -0.3 is 10.5 Å². The molecule has 2 aromatic rings. The first kappa shape index (κ1) is 13.2. The molecule has 3 rings (SSSR count). The third-order valence-corrected chi connectivity index (χ3v) is 4.06. The number of hydrogen-bond acceptors (Lipinski definition) is 2. The molecule has 1 unspecified atom stereocenters. The molecule has 0 aromatic heterocycles. The lowest BCUT2D eigenvalue weighted by atomic mass is 9.92. The Morgan fingerprint density at radius 2 is 1.95 bits per heavy atom. The van der Waals surface area contributed by atoms with E-state index in [4.69, 9.17) is 10.5 Å². The zero-order valence-corrected chi connectivity index (χ0v) is 12.1. The number of ether oxygens (including phenoxy) is 1. The minimum atomic E-state index is -0.0675. The van der Waals surface area contributed by atoms with E-state index in [-0.39, 0.29) is 6.04 Å². The Balaban J connectivity index is 1.97. The van der Waals surface area contributed by atoms with Gasteiger partial charge >= 0.3 is 0 Å². The van der Waals surface area contributed by atoms with Gasteiger partial charge in [-0.2, -0.15) is 0 Å². The van der Waals surface area contributed by atoms with Gasteiger partial charge in [-0.05, 0) is 55.0 Å². The third kappa shape index (κ3) is 2.44. The SMILES string of the molecule is Cc1ccc(C)c(C(N)c2ccc3c(c2)CCCO3)c1. The van der Waals surface area contributed by atoms with E-state index in [0.29, 0.717) is 0 Å². The molecule has 20 heavy (non-hydrogen) atoms. The highest BCUT2D eigenvalue weighted by molar-refractivity contribution is 5.44. The summed E-state index contributed by atoms with van der Waals surface area (Å²) in [5.41, 5.74) is 12.6. The van der Waals surface area contributed by atoms with Crippen LogP contribution in [-0.4, -0.2) is 6.61 Å². The predicted molar refractivity (Wildman–Crippen MR) is 82.2 cm³/mol. The molecular formula is C18H21NO. The average Bonchev–Trinajstić information content (AvgIpc) is 2.48. The van der Waals surface area contributed by atoms with Gasteiger partial charge in [-0.3, -0.25) is 0 Å². The van der Waals surface area contributed by atoms with Crippen molar-refractivity contribution in [1.82, 2.24) is 0 Å². The first-order valence-electron chi connectivity index (χ1n) is 7.23. The number of fused-ring (bicyclic) bond motifs is 1. The second-order valence-electron chi connectivity index (χ2n) is 5.66. The van der Waals surface area contributed by atoms with Crippen LogP contribution in [0.3, 0.4) is 0 Å². The van der Waals surface area contributed by atoms with Crippen LogP contribution in [0.15, 0.2) is 36.4 Å². The maximum atomic E-state index is 6.48. The summed E-state index contributed by atoms with van der Waals surface area (Å²) < 4.78 is 5.67. The summed E-state index contributed by atoms with van der Waals surface area (Å²) in [6.45, 7) is 5.06. The van der Waals surface area contributed by atoms with Crippen molar-refractivity contribution in [3.05, 3.63) is 64.2 Å². The summed E-state index contributed by atoms with van der Waals surface area (Å²) >= 11 is 0. The van der Waals surface area contributed by atoms with Crippen LogP contribution in [0, 0.1) is 13.8 Å². The normalized spacial score (nSPS) is 15.3. The minimum absolute atomic E-state index is 0.0675. The van der Waals surface area contributed by atoms with Crippen molar-refractivity contribution in [1.29, 1.82) is 0 Å². The average molecular weight is 267 g/mol. The fourth-order valence-electron chi connectivity index (χ4n) is 2.85. The molecule has 1 heterocycles. The van der Waals surface area contributed by atoms with E-state index >= 15 is 0 Å². The standard InChI is InChI=1S/C18H21NO/c1-12-5-6-13(2)16(10-12)18(19)15-7-8-17-14(11-15)4-3-9-20-17/h5-8,10-11,18H,3-4,9,19H2,1-2H3. The molecule has 0 aliphatic carbocycles. The molecule has 1 aliphatic heterocycles. The molecule has 1 atom stereocenters. The number of hydrogen-bond donors (Lipinski definition) is 1. The molecule has 0 saturated carbocycles. The summed E-state index contributed by atoms with van der Waals surface area (Å²) in [6, 6.07) is 12.8. The maximum absolute atomic E-state index is 6.48. The molecule has 2 N–H and O–H groups in total. The molecule has 0 radical (unpaired) electrons. The quantitative estimate of drug-likeness (QED) is 0.901. The molecule has 2 nitrogen and oxygen atoms in total. The number of rotatable bonds is 2. The van der Waals surface area contributed by atoms with Crippen LogP contribution in [0.4, 0.5) is 0 Å². The van der Waals surface area contributed by atoms with Crippen LogP contribution in [0.5, 0.6) is 5.75 Å². The van der Waals surface area contributed by atoms with Crippen molar-refractivity contribution in [2.45, 2.75) is 32.7 Å². The van der Waals surface area contributed by atoms with Crippen molar-refractivity contribution >= 4 is 0 Å². The summed E-state index contributed by atoms with van der Waals surface area (Å²) in [5.74, 6) is 1.02. The van der Waals surface area contributed by atoms with Gasteiger partial charge in [-0.25, -0.2) is 0 Å². The Bertz CT molecular complexity index is 633. The second-order valence-corrected chi connectivity index (χ2v) is 5.66. The summed E-state index contributed by atoms with van der Waals surface area (Å²) in [5, 5.41) is 0. The molecule has 1 aliphatic rings. The van der Waals surface area contributed by atoms with E-state index in [1.165, 1.54) is 27.8 Å². The largest absolute Gasteiger partial charge is 0.493 e. The highest BCUT2D eigenvalue weighted by Crippen LogP contribution is 2.30. The molecule has 2 aromatic carbocycles. The van der Waals surface area contributed by atoms with E-state index in [0.717, 1.165) is 25.2 Å². The van der Waals surface area contributed by atoms with Crippen molar-refractivity contribution < 1.29 is 4.74 Å². The molecule has 0 saturated heterocycles. The van der Waals surface area contributed by atoms with Gasteiger partial charge in [0.2, 0.25) is 0 Å². The molecule has 104 valence electrons. The minimum Gasteiger partial charge on any atom is -0.493 e. The van der Waals surface area contributed by atoms with E-state index < -0.39 is 0 Å². The monoisotopic (exact) mass is 267 g/mol. The zero-order valence-electron chi connectivity index (χ0n) is 12.1. The van der Waals surface area contributed by atoms with Gasteiger partial charge in [0.15, 0.2) is 0 Å². The van der Waals surface area contributed by atoms with Crippen molar-refractivity contribution in [3.8, 4) is 5.75 Å². The molecule has 0 spiro atoms. The molecule has 0 amide bonds. The summed E-state index contributed by atoms with van der Waals surface area (Å²) in [4.78, 5) is 0. The first-order chi connectivity index (χ1) is 9.65. The van der Waals surface area contributed by atoms with Gasteiger partial charge in [0.25, 0.3) is 0 Å². The van der Waals surface area contributed by atoms with Crippen LogP contribution in [0.2, 0.25) is 0 Å². The topological polar surface area (TPSA) is 35.2 Å². The number of aryl methyl sites for hydroxylation is 3. The molecule has 2 heteroatoms. The van der Waals surface area contributed by atoms with E-state index in [9.17, 15) is 0 Å². The first-order valence-corrected chi connectivity index (χ1v) is 7.23. The summed E-state index contributed by atoms with van der Waals surface area (Å²) in [7, 11) is 0. The van der Waals surface area contributed by atoms with Crippen LogP contribution >= 0.6 is 0 Å². The Morgan fingerprint density at radius 3 is 2.80 bits per heavy atom. The Kier molecular flexibility index (Phi) is 3.49. The van der Waals surface area contributed by atoms with Gasteiger partial charge in [0.1, 0.15) is 5.75 Å². The Labute approximate surface area is 120 Å². The van der Waals surface area contributed by atoms with Crippen LogP contribution in [0.1, 0.15) is 40.3 Å². The van der Waals surface area contributed by atoms with Crippen molar-refractivity contribution in [2.24, 2.45) is 5.73 Å². The fourth-order valence-corrected chi connectivity index (χ4v) is 2.85. The smallest absolute Gasteiger partial charge is 0.122 e. The van der Waals surface area contributed by atoms with E-state index in [2.05, 4.69) is 50.2 Å². The highest BCUT2D eigenvalue weighted by Gasteiger charge is 2.16. The van der Waals surface area contributed by atoms with E-state index in [1.807, 2.05) is 0 Å². The Hall–Kier alpha value is -1.80. The molecular weight excluding hydrogens is 246 g/mol. The number of benzene rings is 2. The van der Waals surface area contributed by atoms with Gasteiger partial charge in [-0.15, -0.1) is 0 Å². The van der Waals surface area contributed by atoms with Crippen LogP contribution in [-0.2, 0) is 6.42 Å². The lowest BCUT2D eigenvalue weighted by Gasteiger charge is -2.21. The maximum Gasteiger partial charge on any atom is 0.122 e. The van der Waals surface area contributed by atoms with Gasteiger partial charge in [0.05, 0.1) is 12.6 Å². The van der Waals surface area contributed by atoms with Gasteiger partial charge in [-0.1, -0.05) is 35.9 Å². The fraction of sp³-hybridized carbons (Fsp3) is 0.333. The second kappa shape index (κ2) is 5.29. The zero-order chi connectivity index (χ0) is 14.1. The Morgan fingerprint density at radius 1 is 1.10 bits per heavy atom. The van der Waals surface area contributed by atoms with E-state index in [1.54, 1.807) is 0 Å². The third-order valence-electron chi connectivity index (χ3n) is 4.06. The molecule has 0 fully saturated rings. The highest BCUT2D eigenvalue weighted by atomic mass is 16.5. The van der Waals surface area contributed by atoms with Gasteiger partial charge in [0, 0.05) is 0 Å². The van der Waals surface area contributed by atoms with Crippen LogP contribution in [0.25, 0.3) is 0 Å². The lowest BCUT2D eigenvalue weighted by Crippen LogP contribution is -2.15. The number of nitrogens with two attached hydrogens (primary N) is 1. The van der Waals surface area contributed by atoms with Crippen molar-refractivity contribution in [2.75, 3.05) is 6.61 Å². The lowest BCUT2D eigenvalue weighted by molar-refractivity contribution is 0.288. The predicted octanol–water partition coefficient (Wildman–Crippen LogP) is 3.68. The van der Waals surface area contributed by atoms with Crippen molar-refractivity contribution in [3.63, 3.8) is 0 Å². The molecule has 0 bridgehead atoms. The van der Waals surface area contributed by atoms with Crippen LogP contribution < -0.4 is 10.5 Å². The summed E-state index contributed by atoms with van der Waals surface area (Å²) in [6.07, 6.45) is 2.18.